The fourth-order valence-electron chi connectivity index (χ4n) is 2.30. The fraction of sp³-hybridized carbons (Fsp3) is 0.692. The van der Waals surface area contributed by atoms with E-state index in [0.29, 0.717) is 12.2 Å². The van der Waals surface area contributed by atoms with Gasteiger partial charge in [-0.15, -0.1) is 0 Å². The number of aryl methyl sites for hydroxylation is 1. The van der Waals surface area contributed by atoms with Crippen LogP contribution in [0, 0.1) is 5.92 Å². The zero-order chi connectivity index (χ0) is 13.0. The van der Waals surface area contributed by atoms with Crippen LogP contribution < -0.4 is 5.32 Å². The number of carbonyl (C=O) groups excluding carboxylic acids is 1. The molecule has 0 saturated carbocycles. The van der Waals surface area contributed by atoms with E-state index < -0.39 is 0 Å². The van der Waals surface area contributed by atoms with E-state index in [1.165, 1.54) is 12.8 Å². The summed E-state index contributed by atoms with van der Waals surface area (Å²) in [5, 5.41) is 6.93. The highest BCUT2D eigenvalue weighted by Crippen LogP contribution is 2.15. The number of hydrogen-bond acceptors (Lipinski definition) is 3. The van der Waals surface area contributed by atoms with Gasteiger partial charge in [0.2, 0.25) is 0 Å². The van der Waals surface area contributed by atoms with Crippen LogP contribution in [0.4, 0.5) is 0 Å². The van der Waals surface area contributed by atoms with Gasteiger partial charge in [0.05, 0.1) is 0 Å². The molecule has 0 bridgehead atoms. The third kappa shape index (κ3) is 3.32. The molecule has 2 rings (SSSR count). The first-order valence-electron chi connectivity index (χ1n) is 6.65. The molecule has 0 aromatic carbocycles. The molecule has 1 aromatic heterocycles. The number of amides is 1. The third-order valence-corrected chi connectivity index (χ3v) is 3.64. The first kappa shape index (κ1) is 13.1. The summed E-state index contributed by atoms with van der Waals surface area (Å²) in [6.45, 7) is 6.27. The minimum atomic E-state index is -0.0413. The molecule has 0 atom stereocenters. The molecule has 0 unspecified atom stereocenters. The summed E-state index contributed by atoms with van der Waals surface area (Å²) in [5.74, 6) is 0.811. The summed E-state index contributed by atoms with van der Waals surface area (Å²) in [7, 11) is 1.78. The van der Waals surface area contributed by atoms with Crippen molar-refractivity contribution in [2.24, 2.45) is 13.0 Å². The van der Waals surface area contributed by atoms with Crippen LogP contribution in [0.1, 0.15) is 30.3 Å². The van der Waals surface area contributed by atoms with Crippen molar-refractivity contribution < 1.29 is 4.79 Å². The Balaban J connectivity index is 1.69. The summed E-state index contributed by atoms with van der Waals surface area (Å²) in [6.07, 6.45) is 4.19. The van der Waals surface area contributed by atoms with Crippen LogP contribution in [0.25, 0.3) is 0 Å². The third-order valence-electron chi connectivity index (χ3n) is 3.64. The maximum atomic E-state index is 11.8. The highest BCUT2D eigenvalue weighted by Gasteiger charge is 2.15. The van der Waals surface area contributed by atoms with Gasteiger partial charge in [0.1, 0.15) is 5.69 Å². The molecule has 1 aliphatic rings. The minimum absolute atomic E-state index is 0.0413. The fourth-order valence-corrected chi connectivity index (χ4v) is 2.30. The lowest BCUT2D eigenvalue weighted by atomic mass is 9.99. The van der Waals surface area contributed by atoms with Crippen LogP contribution >= 0.6 is 0 Å². The Morgan fingerprint density at radius 2 is 2.22 bits per heavy atom. The van der Waals surface area contributed by atoms with Gasteiger partial charge in [-0.25, -0.2) is 0 Å². The van der Waals surface area contributed by atoms with Crippen LogP contribution in [0.2, 0.25) is 0 Å². The highest BCUT2D eigenvalue weighted by molar-refractivity contribution is 5.92. The molecule has 1 N–H and O–H groups in total. The maximum absolute atomic E-state index is 11.8. The zero-order valence-corrected chi connectivity index (χ0v) is 11.2. The number of nitrogens with one attached hydrogen (secondary N) is 1. The number of likely N-dealkylation sites (tertiary alicyclic amines) is 1. The Morgan fingerprint density at radius 3 is 2.83 bits per heavy atom. The molecule has 100 valence electrons. The topological polar surface area (TPSA) is 50.2 Å². The Bertz CT molecular complexity index is 393. The number of piperidine rings is 1. The monoisotopic (exact) mass is 250 g/mol. The molecule has 18 heavy (non-hydrogen) atoms. The molecule has 0 aliphatic carbocycles. The van der Waals surface area contributed by atoms with Crippen molar-refractivity contribution in [1.82, 2.24) is 20.0 Å². The zero-order valence-electron chi connectivity index (χ0n) is 11.2. The maximum Gasteiger partial charge on any atom is 0.269 e. The molecule has 1 aliphatic heterocycles. The smallest absolute Gasteiger partial charge is 0.269 e. The van der Waals surface area contributed by atoms with Crippen molar-refractivity contribution in [1.29, 1.82) is 0 Å². The summed E-state index contributed by atoms with van der Waals surface area (Å²) in [6, 6.07) is 1.73. The molecule has 1 fully saturated rings. The molecule has 5 heteroatoms. The molecular weight excluding hydrogens is 228 g/mol. The van der Waals surface area contributed by atoms with Crippen LogP contribution in [0.3, 0.4) is 0 Å². The van der Waals surface area contributed by atoms with Crippen molar-refractivity contribution in [2.45, 2.75) is 19.8 Å². The van der Waals surface area contributed by atoms with E-state index in [9.17, 15) is 4.79 Å². The van der Waals surface area contributed by atoms with E-state index in [1.807, 2.05) is 0 Å². The quantitative estimate of drug-likeness (QED) is 0.863. The summed E-state index contributed by atoms with van der Waals surface area (Å²) >= 11 is 0. The Hall–Kier alpha value is -1.36. The lowest BCUT2D eigenvalue weighted by molar-refractivity contribution is 0.0935. The number of nitrogens with zero attached hydrogens (tertiary/aromatic N) is 3. The molecule has 5 nitrogen and oxygen atoms in total. The predicted molar refractivity (Wildman–Crippen MR) is 70.4 cm³/mol. The van der Waals surface area contributed by atoms with E-state index in [0.717, 1.165) is 25.6 Å². The Labute approximate surface area is 108 Å². The highest BCUT2D eigenvalue weighted by atomic mass is 16.2. The van der Waals surface area contributed by atoms with Gasteiger partial charge in [0, 0.05) is 26.3 Å². The van der Waals surface area contributed by atoms with Gasteiger partial charge in [0.15, 0.2) is 0 Å². The lowest BCUT2D eigenvalue weighted by Gasteiger charge is -2.30. The van der Waals surface area contributed by atoms with E-state index in [2.05, 4.69) is 22.2 Å². The van der Waals surface area contributed by atoms with Gasteiger partial charge >= 0.3 is 0 Å². The van der Waals surface area contributed by atoms with Gasteiger partial charge < -0.3 is 10.2 Å². The van der Waals surface area contributed by atoms with E-state index in [-0.39, 0.29) is 5.91 Å². The average molecular weight is 250 g/mol. The van der Waals surface area contributed by atoms with Crippen LogP contribution in [0.15, 0.2) is 12.3 Å². The minimum Gasteiger partial charge on any atom is -0.349 e. The predicted octanol–water partition coefficient (Wildman–Crippen LogP) is 0.882. The van der Waals surface area contributed by atoms with Gasteiger partial charge in [0.25, 0.3) is 5.91 Å². The van der Waals surface area contributed by atoms with Crippen molar-refractivity contribution in [3.63, 3.8) is 0 Å². The molecule has 0 spiro atoms. The normalized spacial score (nSPS) is 17.9. The van der Waals surface area contributed by atoms with Gasteiger partial charge in [-0.1, -0.05) is 6.92 Å². The second-order valence-electron chi connectivity index (χ2n) is 5.12. The van der Waals surface area contributed by atoms with Crippen LogP contribution in [-0.2, 0) is 7.05 Å². The lowest BCUT2D eigenvalue weighted by Crippen LogP contribution is -2.39. The van der Waals surface area contributed by atoms with Crippen LogP contribution in [-0.4, -0.2) is 46.8 Å². The Kier molecular flexibility index (Phi) is 4.36. The molecule has 1 amide bonds. The van der Waals surface area contributed by atoms with E-state index in [4.69, 9.17) is 0 Å². The van der Waals surface area contributed by atoms with Gasteiger partial charge in [-0.2, -0.15) is 5.10 Å². The second-order valence-corrected chi connectivity index (χ2v) is 5.12. The Morgan fingerprint density at radius 1 is 1.50 bits per heavy atom. The molecule has 2 heterocycles. The average Bonchev–Trinajstić information content (AvgIpc) is 2.78. The summed E-state index contributed by atoms with van der Waals surface area (Å²) in [4.78, 5) is 14.3. The SMILES string of the molecule is CC1CCN(CCNC(=O)c2ccnn2C)CC1. The summed E-state index contributed by atoms with van der Waals surface area (Å²) in [5.41, 5.74) is 0.613. The van der Waals surface area contributed by atoms with E-state index >= 15 is 0 Å². The van der Waals surface area contributed by atoms with Gasteiger partial charge in [-0.3, -0.25) is 9.48 Å². The molecular formula is C13H22N4O. The number of hydrogen-bond donors (Lipinski definition) is 1. The van der Waals surface area contributed by atoms with Crippen LogP contribution in [0.5, 0.6) is 0 Å². The number of aromatic nitrogens is 2. The first-order valence-corrected chi connectivity index (χ1v) is 6.65. The first-order chi connectivity index (χ1) is 8.66. The standard InChI is InChI=1S/C13H22N4O/c1-11-4-8-17(9-5-11)10-7-14-13(18)12-3-6-15-16(12)2/h3,6,11H,4-5,7-10H2,1-2H3,(H,14,18). The largest absolute Gasteiger partial charge is 0.349 e. The van der Waals surface area contributed by atoms with Crippen molar-refractivity contribution in [2.75, 3.05) is 26.2 Å². The summed E-state index contributed by atoms with van der Waals surface area (Å²) < 4.78 is 1.60. The molecule has 0 radical (unpaired) electrons. The number of rotatable bonds is 4. The molecule has 1 saturated heterocycles. The van der Waals surface area contributed by atoms with Crippen molar-refractivity contribution in [3.05, 3.63) is 18.0 Å². The van der Waals surface area contributed by atoms with E-state index in [1.54, 1.807) is 24.0 Å². The van der Waals surface area contributed by atoms with Crippen molar-refractivity contribution >= 4 is 5.91 Å². The van der Waals surface area contributed by atoms with Crippen molar-refractivity contribution in [3.8, 4) is 0 Å². The second kappa shape index (κ2) is 6.00. The van der Waals surface area contributed by atoms with Gasteiger partial charge in [-0.05, 0) is 37.9 Å². The molecule has 1 aromatic rings. The number of carbonyl (C=O) groups is 1.